The van der Waals surface area contributed by atoms with Crippen LogP contribution in [0.5, 0.6) is 0 Å². The highest BCUT2D eigenvalue weighted by Gasteiger charge is 2.56. The van der Waals surface area contributed by atoms with Gasteiger partial charge in [0.2, 0.25) is 0 Å². The summed E-state index contributed by atoms with van der Waals surface area (Å²) in [6, 6.07) is 8.52. The van der Waals surface area contributed by atoms with Gasteiger partial charge in [0.1, 0.15) is 11.2 Å². The normalized spacial score (nSPS) is 17.9. The van der Waals surface area contributed by atoms with E-state index in [2.05, 4.69) is 49.6 Å². The highest BCUT2D eigenvalue weighted by atomic mass is 16.6. The second-order valence-electron chi connectivity index (χ2n) is 12.7. The SMILES string of the molecule is CCC[C@@H]1CC(C(=O)OC(C)(C)C)(C(=O)OC(C)(C)C)Cc2c1c1ccccc1n2CCC(C)C. The van der Waals surface area contributed by atoms with Crippen LogP contribution in [0.1, 0.15) is 105 Å². The zero-order valence-corrected chi connectivity index (χ0v) is 23.3. The summed E-state index contributed by atoms with van der Waals surface area (Å²) >= 11 is 0. The number of aromatic nitrogens is 1. The van der Waals surface area contributed by atoms with Gasteiger partial charge in [-0.25, -0.2) is 0 Å². The van der Waals surface area contributed by atoms with Crippen LogP contribution in [0.25, 0.3) is 10.9 Å². The minimum Gasteiger partial charge on any atom is -0.459 e. The standard InChI is InChI=1S/C30H45NO4/c1-10-13-21-18-30(26(32)34-28(4,5)6,27(33)35-29(7,8)9)19-24-25(21)22-14-11-12-15-23(22)31(24)17-16-20(2)3/h11-12,14-15,20-21H,10,13,16-19H2,1-9H3/t21-/m1/s1. The fraction of sp³-hybridized carbons (Fsp3) is 0.667. The van der Waals surface area contributed by atoms with Gasteiger partial charge in [-0.05, 0) is 84.3 Å². The Kier molecular flexibility index (Phi) is 7.79. The molecule has 1 aliphatic carbocycles. The molecule has 1 atom stereocenters. The smallest absolute Gasteiger partial charge is 0.324 e. The van der Waals surface area contributed by atoms with Crippen LogP contribution in [-0.2, 0) is 32.0 Å². The molecular formula is C30H45NO4. The Morgan fingerprint density at radius 3 is 2.11 bits per heavy atom. The van der Waals surface area contributed by atoms with Crippen molar-refractivity contribution < 1.29 is 19.1 Å². The third-order valence-electron chi connectivity index (χ3n) is 6.74. The van der Waals surface area contributed by atoms with Gasteiger partial charge in [0, 0.05) is 29.6 Å². The van der Waals surface area contributed by atoms with Gasteiger partial charge in [-0.2, -0.15) is 0 Å². The number of rotatable bonds is 7. The van der Waals surface area contributed by atoms with Gasteiger partial charge in [0.25, 0.3) is 0 Å². The van der Waals surface area contributed by atoms with Crippen LogP contribution in [0.3, 0.4) is 0 Å². The van der Waals surface area contributed by atoms with E-state index in [1.807, 2.05) is 41.5 Å². The molecule has 0 saturated carbocycles. The Labute approximate surface area is 211 Å². The first kappa shape index (κ1) is 27.3. The number of carbonyl (C=O) groups is 2. The van der Waals surface area contributed by atoms with E-state index in [1.54, 1.807) is 0 Å². The summed E-state index contributed by atoms with van der Waals surface area (Å²) in [4.78, 5) is 27.8. The molecule has 35 heavy (non-hydrogen) atoms. The average molecular weight is 484 g/mol. The molecule has 1 aliphatic rings. The van der Waals surface area contributed by atoms with Crippen molar-refractivity contribution in [2.24, 2.45) is 11.3 Å². The van der Waals surface area contributed by atoms with E-state index in [1.165, 1.54) is 16.5 Å². The van der Waals surface area contributed by atoms with Gasteiger partial charge in [0.15, 0.2) is 5.41 Å². The van der Waals surface area contributed by atoms with Gasteiger partial charge in [-0.15, -0.1) is 0 Å². The van der Waals surface area contributed by atoms with Gasteiger partial charge in [-0.3, -0.25) is 9.59 Å². The van der Waals surface area contributed by atoms with Crippen molar-refractivity contribution in [1.29, 1.82) is 0 Å². The fourth-order valence-corrected chi connectivity index (χ4v) is 5.29. The Bertz CT molecular complexity index is 1040. The zero-order valence-electron chi connectivity index (χ0n) is 23.3. The first-order valence-corrected chi connectivity index (χ1v) is 13.3. The number of esters is 2. The van der Waals surface area contributed by atoms with E-state index < -0.39 is 28.6 Å². The lowest BCUT2D eigenvalue weighted by atomic mass is 9.67. The van der Waals surface area contributed by atoms with Crippen molar-refractivity contribution in [2.75, 3.05) is 0 Å². The minimum atomic E-state index is -1.36. The lowest BCUT2D eigenvalue weighted by Gasteiger charge is -2.40. The summed E-state index contributed by atoms with van der Waals surface area (Å²) in [5.41, 5.74) is 0.816. The maximum absolute atomic E-state index is 13.9. The fourth-order valence-electron chi connectivity index (χ4n) is 5.29. The van der Waals surface area contributed by atoms with Crippen LogP contribution < -0.4 is 0 Å². The van der Waals surface area contributed by atoms with E-state index in [9.17, 15) is 9.59 Å². The first-order chi connectivity index (χ1) is 16.2. The molecule has 0 bridgehead atoms. The first-order valence-electron chi connectivity index (χ1n) is 13.3. The van der Waals surface area contributed by atoms with Gasteiger partial charge in [-0.1, -0.05) is 45.4 Å². The maximum atomic E-state index is 13.9. The van der Waals surface area contributed by atoms with Crippen molar-refractivity contribution in [2.45, 2.75) is 118 Å². The van der Waals surface area contributed by atoms with Crippen molar-refractivity contribution >= 4 is 22.8 Å². The molecule has 0 fully saturated rings. The molecule has 0 aliphatic heterocycles. The number of carbonyl (C=O) groups excluding carboxylic acids is 2. The largest absolute Gasteiger partial charge is 0.459 e. The lowest BCUT2D eigenvalue weighted by Crippen LogP contribution is -2.50. The predicted octanol–water partition coefficient (Wildman–Crippen LogP) is 7.19. The Morgan fingerprint density at radius 1 is 1.03 bits per heavy atom. The van der Waals surface area contributed by atoms with E-state index in [0.717, 1.165) is 31.5 Å². The van der Waals surface area contributed by atoms with E-state index >= 15 is 0 Å². The highest BCUT2D eigenvalue weighted by Crippen LogP contribution is 2.50. The predicted molar refractivity (Wildman–Crippen MR) is 141 cm³/mol. The summed E-state index contributed by atoms with van der Waals surface area (Å²) in [7, 11) is 0. The summed E-state index contributed by atoms with van der Waals surface area (Å²) in [6.07, 6.45) is 3.61. The molecule has 0 unspecified atom stereocenters. The lowest BCUT2D eigenvalue weighted by molar-refractivity contribution is -0.187. The van der Waals surface area contributed by atoms with E-state index in [0.29, 0.717) is 18.8 Å². The van der Waals surface area contributed by atoms with E-state index in [4.69, 9.17) is 9.47 Å². The molecule has 0 radical (unpaired) electrons. The number of ether oxygens (including phenoxy) is 2. The quantitative estimate of drug-likeness (QED) is 0.309. The van der Waals surface area contributed by atoms with Crippen LogP contribution in [-0.4, -0.2) is 27.7 Å². The summed E-state index contributed by atoms with van der Waals surface area (Å²) in [5.74, 6) is -0.310. The molecule has 5 nitrogen and oxygen atoms in total. The third-order valence-corrected chi connectivity index (χ3v) is 6.74. The molecule has 2 aromatic rings. The number of para-hydroxylation sites is 1. The third kappa shape index (κ3) is 5.92. The second kappa shape index (κ2) is 9.99. The number of hydrogen-bond acceptors (Lipinski definition) is 4. The molecule has 1 aromatic heterocycles. The molecule has 1 heterocycles. The number of benzene rings is 1. The van der Waals surface area contributed by atoms with Crippen molar-refractivity contribution in [3.8, 4) is 0 Å². The summed E-state index contributed by atoms with van der Waals surface area (Å²) in [6.45, 7) is 18.6. The van der Waals surface area contributed by atoms with Crippen molar-refractivity contribution in [3.63, 3.8) is 0 Å². The highest BCUT2D eigenvalue weighted by molar-refractivity contribution is 6.02. The van der Waals surface area contributed by atoms with Crippen LogP contribution in [0.15, 0.2) is 24.3 Å². The number of hydrogen-bond donors (Lipinski definition) is 0. The molecule has 194 valence electrons. The zero-order chi connectivity index (χ0) is 26.2. The second-order valence-corrected chi connectivity index (χ2v) is 12.7. The monoisotopic (exact) mass is 483 g/mol. The molecule has 0 amide bonds. The number of aryl methyl sites for hydroxylation is 1. The number of fused-ring (bicyclic) bond motifs is 3. The topological polar surface area (TPSA) is 57.5 Å². The Balaban J connectivity index is 2.25. The molecule has 0 spiro atoms. The molecule has 5 heteroatoms. The van der Waals surface area contributed by atoms with E-state index in [-0.39, 0.29) is 5.92 Å². The summed E-state index contributed by atoms with van der Waals surface area (Å²) < 4.78 is 14.2. The molecule has 3 rings (SSSR count). The van der Waals surface area contributed by atoms with Crippen LogP contribution in [0.2, 0.25) is 0 Å². The number of nitrogens with zero attached hydrogens (tertiary/aromatic N) is 1. The molecular weight excluding hydrogens is 438 g/mol. The molecule has 0 N–H and O–H groups in total. The van der Waals surface area contributed by atoms with Crippen LogP contribution in [0.4, 0.5) is 0 Å². The minimum absolute atomic E-state index is 0.0778. The van der Waals surface area contributed by atoms with Crippen molar-refractivity contribution in [1.82, 2.24) is 4.57 Å². The Hall–Kier alpha value is -2.30. The van der Waals surface area contributed by atoms with Gasteiger partial charge in [0.05, 0.1) is 0 Å². The van der Waals surface area contributed by atoms with Crippen molar-refractivity contribution in [3.05, 3.63) is 35.5 Å². The van der Waals surface area contributed by atoms with Crippen LogP contribution in [0, 0.1) is 11.3 Å². The van der Waals surface area contributed by atoms with Gasteiger partial charge >= 0.3 is 11.9 Å². The molecule has 1 aromatic carbocycles. The maximum Gasteiger partial charge on any atom is 0.324 e. The van der Waals surface area contributed by atoms with Crippen LogP contribution >= 0.6 is 0 Å². The Morgan fingerprint density at radius 2 is 1.60 bits per heavy atom. The average Bonchev–Trinajstić information content (AvgIpc) is 3.03. The van der Waals surface area contributed by atoms with Gasteiger partial charge < -0.3 is 14.0 Å². The molecule has 0 saturated heterocycles. The summed E-state index contributed by atoms with van der Waals surface area (Å²) in [5, 5.41) is 1.24.